The maximum atomic E-state index is 4.36. The molecule has 0 spiro atoms. The van der Waals surface area contributed by atoms with Gasteiger partial charge in [0.1, 0.15) is 0 Å². The van der Waals surface area contributed by atoms with Crippen LogP contribution >= 0.6 is 8.58 Å². The van der Waals surface area contributed by atoms with Gasteiger partial charge in [0.15, 0.2) is 0 Å². The van der Waals surface area contributed by atoms with Gasteiger partial charge in [-0.25, -0.2) is 0 Å². The van der Waals surface area contributed by atoms with Crippen LogP contribution in [-0.4, -0.2) is 0 Å². The molecule has 0 nitrogen and oxygen atoms in total. The molecule has 0 bridgehead atoms. The Kier molecular flexibility index (Phi) is 7.37. The van der Waals surface area contributed by atoms with Crippen molar-refractivity contribution in [1.82, 2.24) is 0 Å². The largest absolute Gasteiger partial charge is 0.0991 e. The molecule has 0 amide bonds. The summed E-state index contributed by atoms with van der Waals surface area (Å²) in [5.74, 6) is 0. The highest BCUT2D eigenvalue weighted by atomic mass is 31.1. The van der Waals surface area contributed by atoms with Crippen molar-refractivity contribution in [3.8, 4) is 0 Å². The smallest absolute Gasteiger partial charge is 0.0155 e. The van der Waals surface area contributed by atoms with E-state index in [9.17, 15) is 0 Å². The Morgan fingerprint density at radius 3 is 2.54 bits per heavy atom. The quantitative estimate of drug-likeness (QED) is 0.366. The van der Waals surface area contributed by atoms with Crippen LogP contribution in [0.2, 0.25) is 0 Å². The van der Waals surface area contributed by atoms with Crippen molar-refractivity contribution < 1.29 is 0 Å². The van der Waals surface area contributed by atoms with Gasteiger partial charge in [0, 0.05) is 0 Å². The number of hydrogen-bond acceptors (Lipinski definition) is 0. The molecule has 0 fully saturated rings. The summed E-state index contributed by atoms with van der Waals surface area (Å²) in [5.41, 5.74) is 7.75. The van der Waals surface area contributed by atoms with Crippen molar-refractivity contribution in [1.29, 1.82) is 0 Å². The van der Waals surface area contributed by atoms with Crippen LogP contribution < -0.4 is 5.30 Å². The fourth-order valence-electron chi connectivity index (χ4n) is 2.91. The van der Waals surface area contributed by atoms with Crippen LogP contribution in [0.5, 0.6) is 0 Å². The Morgan fingerprint density at radius 1 is 1.12 bits per heavy atom. The molecular weight excluding hydrogens is 331 g/mol. The summed E-state index contributed by atoms with van der Waals surface area (Å²) in [6.07, 6.45) is 6.97. The minimum atomic E-state index is 0.609. The maximum absolute atomic E-state index is 4.36. The molecule has 1 heteroatoms. The molecular formula is C25H29P. The Morgan fingerprint density at radius 2 is 1.88 bits per heavy atom. The molecule has 134 valence electrons. The Hall–Kier alpha value is -2.17. The average Bonchev–Trinajstić information content (AvgIpc) is 2.65. The van der Waals surface area contributed by atoms with Crippen LogP contribution in [0.4, 0.5) is 0 Å². The zero-order valence-corrected chi connectivity index (χ0v) is 17.4. The van der Waals surface area contributed by atoms with E-state index in [1.165, 1.54) is 44.0 Å². The van der Waals surface area contributed by atoms with Crippen molar-refractivity contribution in [3.63, 3.8) is 0 Å². The van der Waals surface area contributed by atoms with Crippen molar-refractivity contribution in [2.24, 2.45) is 0 Å². The Balaban J connectivity index is 2.24. The molecule has 2 aromatic carbocycles. The molecule has 0 aromatic heterocycles. The lowest BCUT2D eigenvalue weighted by molar-refractivity contribution is 1.14. The summed E-state index contributed by atoms with van der Waals surface area (Å²) in [5, 5.41) is 2.56. The highest BCUT2D eigenvalue weighted by Crippen LogP contribution is 2.34. The zero-order valence-electron chi connectivity index (χ0n) is 16.4. The van der Waals surface area contributed by atoms with Crippen molar-refractivity contribution in [2.45, 2.75) is 34.1 Å². The molecule has 0 aliphatic rings. The summed E-state index contributed by atoms with van der Waals surface area (Å²) in [4.78, 5) is 0. The van der Waals surface area contributed by atoms with Gasteiger partial charge in [-0.2, -0.15) is 0 Å². The van der Waals surface area contributed by atoms with E-state index < -0.39 is 0 Å². The molecule has 0 heterocycles. The predicted octanol–water partition coefficient (Wildman–Crippen LogP) is 7.07. The fourth-order valence-corrected chi connectivity index (χ4v) is 4.11. The van der Waals surface area contributed by atoms with E-state index in [4.69, 9.17) is 0 Å². The number of allylic oxidation sites excluding steroid dienone is 5. The summed E-state index contributed by atoms with van der Waals surface area (Å²) in [6.45, 7) is 16.8. The van der Waals surface area contributed by atoms with Crippen molar-refractivity contribution >= 4 is 24.8 Å². The van der Waals surface area contributed by atoms with Crippen LogP contribution in [0.1, 0.15) is 43.0 Å². The summed E-state index contributed by atoms with van der Waals surface area (Å²) < 4.78 is 0. The van der Waals surface area contributed by atoms with E-state index in [2.05, 4.69) is 89.4 Å². The highest BCUT2D eigenvalue weighted by molar-refractivity contribution is 7.58. The molecule has 0 saturated carbocycles. The van der Waals surface area contributed by atoms with Gasteiger partial charge in [0.2, 0.25) is 0 Å². The van der Waals surface area contributed by atoms with Crippen LogP contribution in [-0.2, 0) is 6.42 Å². The second-order valence-electron chi connectivity index (χ2n) is 6.59. The average molecular weight is 360 g/mol. The first-order valence-electron chi connectivity index (χ1n) is 9.09. The molecule has 0 saturated heterocycles. The van der Waals surface area contributed by atoms with E-state index in [-0.39, 0.29) is 0 Å². The molecule has 2 rings (SSSR count). The molecule has 1 unspecified atom stereocenters. The van der Waals surface area contributed by atoms with Gasteiger partial charge < -0.3 is 0 Å². The van der Waals surface area contributed by atoms with Gasteiger partial charge in [-0.3, -0.25) is 0 Å². The van der Waals surface area contributed by atoms with Crippen LogP contribution in [0.3, 0.4) is 0 Å². The molecule has 0 N–H and O–H groups in total. The van der Waals surface area contributed by atoms with E-state index in [1.54, 1.807) is 0 Å². The zero-order chi connectivity index (χ0) is 19.1. The van der Waals surface area contributed by atoms with Gasteiger partial charge >= 0.3 is 0 Å². The Bertz CT molecular complexity index is 865. The number of benzene rings is 2. The van der Waals surface area contributed by atoms with Crippen LogP contribution in [0, 0.1) is 6.92 Å². The lowest BCUT2D eigenvalue weighted by atomic mass is 9.97. The van der Waals surface area contributed by atoms with Gasteiger partial charge in [-0.15, -0.1) is 0 Å². The first-order chi connectivity index (χ1) is 12.5. The molecule has 26 heavy (non-hydrogen) atoms. The monoisotopic (exact) mass is 360 g/mol. The predicted molar refractivity (Wildman–Crippen MR) is 122 cm³/mol. The molecule has 2 aromatic rings. The van der Waals surface area contributed by atoms with E-state index in [0.29, 0.717) is 8.58 Å². The fraction of sp³-hybridized carbons (Fsp3) is 0.200. The minimum Gasteiger partial charge on any atom is -0.0991 e. The lowest BCUT2D eigenvalue weighted by Crippen LogP contribution is -1.97. The third kappa shape index (κ3) is 5.16. The van der Waals surface area contributed by atoms with Gasteiger partial charge in [0.05, 0.1) is 0 Å². The van der Waals surface area contributed by atoms with E-state index in [1.807, 2.05) is 12.2 Å². The molecule has 0 aliphatic carbocycles. The maximum Gasteiger partial charge on any atom is -0.0155 e. The second kappa shape index (κ2) is 9.51. The first-order valence-corrected chi connectivity index (χ1v) is 10.1. The third-order valence-corrected chi connectivity index (χ3v) is 5.86. The second-order valence-corrected chi connectivity index (χ2v) is 8.02. The van der Waals surface area contributed by atoms with Crippen LogP contribution in [0.15, 0.2) is 79.4 Å². The van der Waals surface area contributed by atoms with E-state index in [0.717, 1.165) is 6.42 Å². The lowest BCUT2D eigenvalue weighted by Gasteiger charge is -2.13. The van der Waals surface area contributed by atoms with Crippen LogP contribution in [0.25, 0.3) is 10.9 Å². The minimum absolute atomic E-state index is 0.609. The summed E-state index contributed by atoms with van der Waals surface area (Å²) in [6, 6.07) is 15.5. The summed E-state index contributed by atoms with van der Waals surface area (Å²) in [7, 11) is 0.609. The van der Waals surface area contributed by atoms with Gasteiger partial charge in [-0.05, 0) is 71.2 Å². The summed E-state index contributed by atoms with van der Waals surface area (Å²) >= 11 is 0. The number of hydrogen-bond donors (Lipinski definition) is 0. The normalized spacial score (nSPS) is 12.6. The van der Waals surface area contributed by atoms with Gasteiger partial charge in [0.25, 0.3) is 0 Å². The van der Waals surface area contributed by atoms with E-state index >= 15 is 0 Å². The topological polar surface area (TPSA) is 0 Å². The van der Waals surface area contributed by atoms with Gasteiger partial charge in [-0.1, -0.05) is 89.4 Å². The highest BCUT2D eigenvalue weighted by Gasteiger charge is 2.07. The number of rotatable bonds is 7. The first kappa shape index (κ1) is 20.1. The standard InChI is InChI=1S/C25H29P/c1-7-9-11-18(3)20(5)23-14-15-25(19(4)16-23)21(6)26-24-13-10-12-22(8-2)17-24/h7,9-17,26H,1,6,8H2,2-5H3/b11-9-,20-18+. The third-order valence-electron chi connectivity index (χ3n) is 4.69. The Labute approximate surface area is 160 Å². The van der Waals surface area contributed by atoms with Crippen molar-refractivity contribution in [3.05, 3.63) is 102 Å². The molecule has 0 radical (unpaired) electrons. The molecule has 0 aliphatic heterocycles. The van der Waals surface area contributed by atoms with Crippen molar-refractivity contribution in [2.75, 3.05) is 0 Å². The molecule has 1 atom stereocenters. The number of aryl methyl sites for hydroxylation is 2. The SMILES string of the molecule is C=C/C=C\C(C)=C(/C)c1ccc(C(=C)Pc2cccc(CC)c2)c(C)c1.